The fourth-order valence-electron chi connectivity index (χ4n) is 1.65. The molecule has 2 rings (SSSR count). The zero-order valence-electron chi connectivity index (χ0n) is 10.0. The first-order valence-corrected chi connectivity index (χ1v) is 6.02. The van der Waals surface area contributed by atoms with Gasteiger partial charge in [0.2, 0.25) is 0 Å². The quantitative estimate of drug-likeness (QED) is 0.905. The van der Waals surface area contributed by atoms with Crippen molar-refractivity contribution in [1.82, 2.24) is 5.16 Å². The van der Waals surface area contributed by atoms with Crippen LogP contribution in [0.2, 0.25) is 5.02 Å². The van der Waals surface area contributed by atoms with E-state index in [4.69, 9.17) is 26.0 Å². The van der Waals surface area contributed by atoms with Gasteiger partial charge in [-0.2, -0.15) is 0 Å². The Hall–Kier alpha value is -1.52. The third kappa shape index (κ3) is 2.83. The number of aromatic nitrogens is 1. The molecule has 1 aromatic carbocycles. The third-order valence-electron chi connectivity index (χ3n) is 2.59. The molecule has 0 aliphatic heterocycles. The highest BCUT2D eigenvalue weighted by molar-refractivity contribution is 6.32. The number of hydrogen-bond acceptors (Lipinski definition) is 4. The molecule has 96 valence electrons. The number of nitrogens with zero attached hydrogens (tertiary/aromatic N) is 1. The summed E-state index contributed by atoms with van der Waals surface area (Å²) in [6.07, 6.45) is 1.34. The molecule has 0 atom stereocenters. The number of aryl methyl sites for hydroxylation is 1. The summed E-state index contributed by atoms with van der Waals surface area (Å²) in [7, 11) is 1.57. The second kappa shape index (κ2) is 5.89. The van der Waals surface area contributed by atoms with Crippen LogP contribution in [-0.2, 0) is 6.42 Å². The minimum atomic E-state index is 0.143. The van der Waals surface area contributed by atoms with Crippen molar-refractivity contribution in [2.75, 3.05) is 13.7 Å². The maximum Gasteiger partial charge on any atom is 0.137 e. The molecule has 0 unspecified atom stereocenters. The lowest BCUT2D eigenvalue weighted by atomic mass is 10.1. The molecule has 2 aromatic rings. The maximum absolute atomic E-state index is 8.75. The summed E-state index contributed by atoms with van der Waals surface area (Å²) in [6.45, 7) is 0.143. The van der Waals surface area contributed by atoms with E-state index in [-0.39, 0.29) is 6.61 Å². The molecule has 5 heteroatoms. The van der Waals surface area contributed by atoms with Crippen molar-refractivity contribution in [1.29, 1.82) is 0 Å². The molecule has 0 bridgehead atoms. The molecular formula is C13H14ClNO3. The number of aliphatic hydroxyl groups is 1. The third-order valence-corrected chi connectivity index (χ3v) is 2.88. The highest BCUT2D eigenvalue weighted by atomic mass is 35.5. The van der Waals surface area contributed by atoms with Gasteiger partial charge in [0.15, 0.2) is 0 Å². The van der Waals surface area contributed by atoms with Gasteiger partial charge in [-0.3, -0.25) is 0 Å². The van der Waals surface area contributed by atoms with Crippen LogP contribution in [0.1, 0.15) is 12.2 Å². The van der Waals surface area contributed by atoms with Crippen molar-refractivity contribution in [3.8, 4) is 17.0 Å². The van der Waals surface area contributed by atoms with Crippen LogP contribution >= 0.6 is 11.6 Å². The fraction of sp³-hybridized carbons (Fsp3) is 0.308. The Bertz CT molecular complexity index is 525. The molecule has 0 aliphatic rings. The van der Waals surface area contributed by atoms with Crippen LogP contribution in [0.5, 0.6) is 5.75 Å². The van der Waals surface area contributed by atoms with Crippen LogP contribution < -0.4 is 4.74 Å². The molecular weight excluding hydrogens is 254 g/mol. The molecule has 18 heavy (non-hydrogen) atoms. The number of benzene rings is 1. The number of halogens is 1. The predicted octanol–water partition coefficient (Wildman–Crippen LogP) is 2.93. The monoisotopic (exact) mass is 267 g/mol. The molecule has 0 radical (unpaired) electrons. The highest BCUT2D eigenvalue weighted by Crippen LogP contribution is 2.29. The van der Waals surface area contributed by atoms with Gasteiger partial charge in [0.1, 0.15) is 17.2 Å². The maximum atomic E-state index is 8.75. The number of methoxy groups -OCH3 is 1. The Morgan fingerprint density at radius 2 is 2.22 bits per heavy atom. The molecule has 1 heterocycles. The van der Waals surface area contributed by atoms with E-state index < -0.39 is 0 Å². The smallest absolute Gasteiger partial charge is 0.137 e. The highest BCUT2D eigenvalue weighted by Gasteiger charge is 2.09. The van der Waals surface area contributed by atoms with Crippen LogP contribution in [0, 0.1) is 0 Å². The lowest BCUT2D eigenvalue weighted by Gasteiger charge is -2.03. The van der Waals surface area contributed by atoms with E-state index in [1.165, 1.54) is 0 Å². The van der Waals surface area contributed by atoms with Gasteiger partial charge in [-0.25, -0.2) is 0 Å². The Morgan fingerprint density at radius 1 is 1.39 bits per heavy atom. The van der Waals surface area contributed by atoms with Crippen molar-refractivity contribution in [3.63, 3.8) is 0 Å². The molecule has 0 saturated carbocycles. The summed E-state index contributed by atoms with van der Waals surface area (Å²) in [4.78, 5) is 0. The normalized spacial score (nSPS) is 10.6. The van der Waals surface area contributed by atoms with E-state index in [1.807, 2.05) is 12.1 Å². The van der Waals surface area contributed by atoms with Gasteiger partial charge in [0, 0.05) is 24.7 Å². The van der Waals surface area contributed by atoms with Crippen molar-refractivity contribution < 1.29 is 14.4 Å². The second-order valence-corrected chi connectivity index (χ2v) is 4.26. The number of hydrogen-bond donors (Lipinski definition) is 1. The average Bonchev–Trinajstić information content (AvgIpc) is 2.85. The average molecular weight is 268 g/mol. The number of ether oxygens (including phenoxy) is 1. The summed E-state index contributed by atoms with van der Waals surface area (Å²) >= 11 is 6.05. The van der Waals surface area contributed by atoms with E-state index in [9.17, 15) is 0 Å². The van der Waals surface area contributed by atoms with Crippen molar-refractivity contribution in [3.05, 3.63) is 35.0 Å². The minimum absolute atomic E-state index is 0.143. The Labute approximate surface area is 110 Å². The fourth-order valence-corrected chi connectivity index (χ4v) is 1.90. The van der Waals surface area contributed by atoms with Gasteiger partial charge in [0.25, 0.3) is 0 Å². The zero-order valence-corrected chi connectivity index (χ0v) is 10.8. The van der Waals surface area contributed by atoms with Crippen LogP contribution in [0.3, 0.4) is 0 Å². The Morgan fingerprint density at radius 3 is 2.89 bits per heavy atom. The van der Waals surface area contributed by atoms with E-state index in [0.717, 1.165) is 17.0 Å². The zero-order chi connectivity index (χ0) is 13.0. The van der Waals surface area contributed by atoms with Crippen LogP contribution in [0.25, 0.3) is 11.3 Å². The van der Waals surface area contributed by atoms with Crippen molar-refractivity contribution >= 4 is 11.6 Å². The Balaban J connectivity index is 2.20. The molecule has 0 fully saturated rings. The first-order chi connectivity index (χ1) is 8.74. The lowest BCUT2D eigenvalue weighted by molar-refractivity contribution is 0.280. The topological polar surface area (TPSA) is 55.5 Å². The van der Waals surface area contributed by atoms with E-state index in [1.54, 1.807) is 19.2 Å². The van der Waals surface area contributed by atoms with E-state index in [2.05, 4.69) is 5.16 Å². The summed E-state index contributed by atoms with van der Waals surface area (Å²) < 4.78 is 10.3. The van der Waals surface area contributed by atoms with E-state index >= 15 is 0 Å². The molecule has 0 saturated heterocycles. The molecule has 0 amide bonds. The second-order valence-electron chi connectivity index (χ2n) is 3.85. The molecule has 1 N–H and O–H groups in total. The Kier molecular flexibility index (Phi) is 4.23. The van der Waals surface area contributed by atoms with Gasteiger partial charge in [0.05, 0.1) is 12.1 Å². The van der Waals surface area contributed by atoms with Gasteiger partial charge >= 0.3 is 0 Å². The number of aliphatic hydroxyl groups excluding tert-OH is 1. The SMILES string of the molecule is COc1ccc(-c2cc(CCCO)on2)cc1Cl. The molecule has 1 aromatic heterocycles. The molecule has 0 spiro atoms. The largest absolute Gasteiger partial charge is 0.495 e. The molecule has 4 nitrogen and oxygen atoms in total. The van der Waals surface area contributed by atoms with Crippen LogP contribution in [0.15, 0.2) is 28.8 Å². The van der Waals surface area contributed by atoms with Gasteiger partial charge in [-0.05, 0) is 24.6 Å². The van der Waals surface area contributed by atoms with Crippen molar-refractivity contribution in [2.45, 2.75) is 12.8 Å². The van der Waals surface area contributed by atoms with E-state index in [0.29, 0.717) is 23.6 Å². The minimum Gasteiger partial charge on any atom is -0.495 e. The standard InChI is InChI=1S/C13H14ClNO3/c1-17-13-5-4-9(7-11(13)14)12-8-10(18-15-12)3-2-6-16/h4-5,7-8,16H,2-3,6H2,1H3. The number of rotatable bonds is 5. The lowest BCUT2D eigenvalue weighted by Crippen LogP contribution is -1.86. The first kappa shape index (κ1) is 12.9. The van der Waals surface area contributed by atoms with Crippen LogP contribution in [0.4, 0.5) is 0 Å². The summed E-state index contributed by atoms with van der Waals surface area (Å²) in [5, 5.41) is 13.3. The summed E-state index contributed by atoms with van der Waals surface area (Å²) in [5.74, 6) is 1.38. The summed E-state index contributed by atoms with van der Waals surface area (Å²) in [5.41, 5.74) is 1.60. The van der Waals surface area contributed by atoms with Gasteiger partial charge in [-0.1, -0.05) is 16.8 Å². The molecule has 0 aliphatic carbocycles. The van der Waals surface area contributed by atoms with Gasteiger partial charge < -0.3 is 14.4 Å². The predicted molar refractivity (Wildman–Crippen MR) is 68.9 cm³/mol. The summed E-state index contributed by atoms with van der Waals surface area (Å²) in [6, 6.07) is 7.31. The van der Waals surface area contributed by atoms with Crippen LogP contribution in [-0.4, -0.2) is 24.0 Å². The first-order valence-electron chi connectivity index (χ1n) is 5.65. The van der Waals surface area contributed by atoms with Crippen molar-refractivity contribution in [2.24, 2.45) is 0 Å². The van der Waals surface area contributed by atoms with Gasteiger partial charge in [-0.15, -0.1) is 0 Å².